The molecule has 27 heavy (non-hydrogen) atoms. The molecule has 1 aliphatic rings. The number of aromatic amines is 1. The zero-order valence-electron chi connectivity index (χ0n) is 15.7. The Hall–Kier alpha value is -2.55. The second kappa shape index (κ2) is 7.99. The number of hydrogen-bond acceptors (Lipinski definition) is 1. The number of hydrogen-bond donors (Lipinski definition) is 2. The number of unbranched alkanes of at least 4 members (excludes halogenated alkanes) is 2. The van der Waals surface area contributed by atoms with Crippen molar-refractivity contribution in [3.05, 3.63) is 70.9 Å². The SMILES string of the molecule is O=C(O)C1CCc2[nH]c3cccc(CCCCCc4ccccc4)c3c2C1. The van der Waals surface area contributed by atoms with Gasteiger partial charge in [-0.1, -0.05) is 48.9 Å². The second-order valence-electron chi connectivity index (χ2n) is 7.75. The van der Waals surface area contributed by atoms with Crippen LogP contribution in [0.3, 0.4) is 0 Å². The molecular formula is C24H27NO2. The first kappa shape index (κ1) is 17.8. The maximum absolute atomic E-state index is 11.5. The molecule has 0 amide bonds. The molecule has 0 saturated heterocycles. The van der Waals surface area contributed by atoms with E-state index < -0.39 is 5.97 Å². The largest absolute Gasteiger partial charge is 0.481 e. The molecule has 1 atom stereocenters. The van der Waals surface area contributed by atoms with Gasteiger partial charge in [0.2, 0.25) is 0 Å². The summed E-state index contributed by atoms with van der Waals surface area (Å²) in [5.41, 5.74) is 6.46. The smallest absolute Gasteiger partial charge is 0.306 e. The van der Waals surface area contributed by atoms with E-state index in [1.54, 1.807) is 0 Å². The van der Waals surface area contributed by atoms with Gasteiger partial charge in [-0.3, -0.25) is 4.79 Å². The molecule has 1 unspecified atom stereocenters. The van der Waals surface area contributed by atoms with Crippen molar-refractivity contribution in [2.24, 2.45) is 5.92 Å². The number of H-pyrrole nitrogens is 1. The number of carbonyl (C=O) groups is 1. The number of carboxylic acid groups (broad SMARTS) is 1. The predicted octanol–water partition coefficient (Wildman–Crippen LogP) is 5.31. The first-order valence-corrected chi connectivity index (χ1v) is 10.1. The van der Waals surface area contributed by atoms with Crippen LogP contribution in [0.4, 0.5) is 0 Å². The fraction of sp³-hybridized carbons (Fsp3) is 0.375. The summed E-state index contributed by atoms with van der Waals surface area (Å²) in [4.78, 5) is 15.0. The van der Waals surface area contributed by atoms with Crippen molar-refractivity contribution in [3.8, 4) is 0 Å². The van der Waals surface area contributed by atoms with E-state index in [4.69, 9.17) is 0 Å². The van der Waals surface area contributed by atoms with Gasteiger partial charge in [0.05, 0.1) is 5.92 Å². The summed E-state index contributed by atoms with van der Waals surface area (Å²) in [5.74, 6) is -0.899. The van der Waals surface area contributed by atoms with Crippen LogP contribution < -0.4 is 0 Å². The lowest BCUT2D eigenvalue weighted by molar-refractivity contribution is -0.142. The molecule has 1 heterocycles. The third-order valence-electron chi connectivity index (χ3n) is 5.90. The Balaban J connectivity index is 1.43. The highest BCUT2D eigenvalue weighted by atomic mass is 16.4. The number of aliphatic carboxylic acids is 1. The van der Waals surface area contributed by atoms with Gasteiger partial charge >= 0.3 is 5.97 Å². The molecule has 0 radical (unpaired) electrons. The van der Waals surface area contributed by atoms with E-state index in [0.29, 0.717) is 6.42 Å². The Morgan fingerprint density at radius 1 is 1.00 bits per heavy atom. The molecule has 0 spiro atoms. The van der Waals surface area contributed by atoms with Crippen LogP contribution in [0.25, 0.3) is 10.9 Å². The minimum absolute atomic E-state index is 0.240. The quantitative estimate of drug-likeness (QED) is 0.560. The molecule has 0 fully saturated rings. The molecule has 4 rings (SSSR count). The minimum atomic E-state index is -0.659. The molecule has 140 valence electrons. The summed E-state index contributed by atoms with van der Waals surface area (Å²) in [6, 6.07) is 17.2. The van der Waals surface area contributed by atoms with Gasteiger partial charge in [-0.05, 0) is 67.7 Å². The third-order valence-corrected chi connectivity index (χ3v) is 5.90. The molecule has 1 aromatic heterocycles. The normalized spacial score (nSPS) is 16.4. The summed E-state index contributed by atoms with van der Waals surface area (Å²) < 4.78 is 0. The van der Waals surface area contributed by atoms with Crippen LogP contribution in [0.15, 0.2) is 48.5 Å². The van der Waals surface area contributed by atoms with Crippen molar-refractivity contribution in [2.45, 2.75) is 51.4 Å². The van der Waals surface area contributed by atoms with Crippen LogP contribution in [0, 0.1) is 5.92 Å². The van der Waals surface area contributed by atoms with Gasteiger partial charge in [0.25, 0.3) is 0 Å². The molecular weight excluding hydrogens is 334 g/mol. The Morgan fingerprint density at radius 2 is 1.81 bits per heavy atom. The summed E-state index contributed by atoms with van der Waals surface area (Å²) in [6.07, 6.45) is 8.06. The topological polar surface area (TPSA) is 53.1 Å². The fourth-order valence-corrected chi connectivity index (χ4v) is 4.44. The molecule has 0 saturated carbocycles. The molecule has 0 bridgehead atoms. The second-order valence-corrected chi connectivity index (χ2v) is 7.75. The standard InChI is InChI=1S/C24H27NO2/c26-24(27)19-14-15-21-20(16-19)23-18(12-7-13-22(23)25-21)11-6-2-5-10-17-8-3-1-4-9-17/h1,3-4,7-9,12-13,19,25H,2,5-6,10-11,14-16H2,(H,26,27). The molecule has 0 aliphatic heterocycles. The zero-order chi connectivity index (χ0) is 18.6. The van der Waals surface area contributed by atoms with Crippen LogP contribution in [-0.4, -0.2) is 16.1 Å². The summed E-state index contributed by atoms with van der Waals surface area (Å²) in [6.45, 7) is 0. The van der Waals surface area contributed by atoms with E-state index in [9.17, 15) is 9.90 Å². The van der Waals surface area contributed by atoms with Gasteiger partial charge in [-0.15, -0.1) is 0 Å². The number of aromatic nitrogens is 1. The van der Waals surface area contributed by atoms with E-state index in [0.717, 1.165) is 25.7 Å². The number of carboxylic acids is 1. The van der Waals surface area contributed by atoms with Gasteiger partial charge in [-0.25, -0.2) is 0 Å². The Kier molecular flexibility index (Phi) is 5.28. The number of aryl methyl sites for hydroxylation is 3. The van der Waals surface area contributed by atoms with E-state index in [1.165, 1.54) is 52.5 Å². The average molecular weight is 361 g/mol. The molecule has 3 heteroatoms. The summed E-state index contributed by atoms with van der Waals surface area (Å²) in [7, 11) is 0. The molecule has 3 nitrogen and oxygen atoms in total. The van der Waals surface area contributed by atoms with Gasteiger partial charge in [0, 0.05) is 16.6 Å². The van der Waals surface area contributed by atoms with Gasteiger partial charge in [-0.2, -0.15) is 0 Å². The lowest BCUT2D eigenvalue weighted by Crippen LogP contribution is -2.21. The lowest BCUT2D eigenvalue weighted by atomic mass is 9.85. The first-order chi connectivity index (χ1) is 13.2. The highest BCUT2D eigenvalue weighted by Crippen LogP contribution is 2.34. The number of nitrogens with one attached hydrogen (secondary N) is 1. The van der Waals surface area contributed by atoms with Crippen LogP contribution in [0.5, 0.6) is 0 Å². The lowest BCUT2D eigenvalue weighted by Gasteiger charge is -2.19. The number of benzene rings is 2. The van der Waals surface area contributed by atoms with E-state index >= 15 is 0 Å². The maximum atomic E-state index is 11.5. The van der Waals surface area contributed by atoms with Gasteiger partial charge in [0.1, 0.15) is 0 Å². The third kappa shape index (κ3) is 3.92. The van der Waals surface area contributed by atoms with Crippen molar-refractivity contribution in [1.29, 1.82) is 0 Å². The van der Waals surface area contributed by atoms with Crippen molar-refractivity contribution in [3.63, 3.8) is 0 Å². The Morgan fingerprint density at radius 3 is 2.63 bits per heavy atom. The fourth-order valence-electron chi connectivity index (χ4n) is 4.44. The van der Waals surface area contributed by atoms with E-state index in [2.05, 4.69) is 53.5 Å². The monoisotopic (exact) mass is 361 g/mol. The van der Waals surface area contributed by atoms with Gasteiger partial charge < -0.3 is 10.1 Å². The maximum Gasteiger partial charge on any atom is 0.306 e. The van der Waals surface area contributed by atoms with E-state index in [-0.39, 0.29) is 5.92 Å². The number of fused-ring (bicyclic) bond motifs is 3. The molecule has 3 aromatic rings. The van der Waals surface area contributed by atoms with Crippen LogP contribution in [0.2, 0.25) is 0 Å². The summed E-state index contributed by atoms with van der Waals surface area (Å²) in [5, 5.41) is 10.7. The van der Waals surface area contributed by atoms with Crippen LogP contribution in [0.1, 0.15) is 48.1 Å². The Bertz CT molecular complexity index is 926. The summed E-state index contributed by atoms with van der Waals surface area (Å²) >= 11 is 0. The van der Waals surface area contributed by atoms with Crippen molar-refractivity contribution in [2.75, 3.05) is 0 Å². The molecule has 2 aromatic carbocycles. The van der Waals surface area contributed by atoms with Crippen molar-refractivity contribution in [1.82, 2.24) is 4.98 Å². The van der Waals surface area contributed by atoms with Crippen molar-refractivity contribution < 1.29 is 9.90 Å². The first-order valence-electron chi connectivity index (χ1n) is 10.1. The zero-order valence-corrected chi connectivity index (χ0v) is 15.7. The Labute approximate surface area is 160 Å². The predicted molar refractivity (Wildman–Crippen MR) is 109 cm³/mol. The molecule has 1 aliphatic carbocycles. The number of rotatable bonds is 7. The highest BCUT2D eigenvalue weighted by Gasteiger charge is 2.27. The average Bonchev–Trinajstić information content (AvgIpc) is 3.07. The molecule has 2 N–H and O–H groups in total. The van der Waals surface area contributed by atoms with Gasteiger partial charge in [0.15, 0.2) is 0 Å². The van der Waals surface area contributed by atoms with E-state index in [1.807, 2.05) is 0 Å². The van der Waals surface area contributed by atoms with Crippen molar-refractivity contribution >= 4 is 16.9 Å². The van der Waals surface area contributed by atoms with Crippen LogP contribution >= 0.6 is 0 Å². The van der Waals surface area contributed by atoms with Crippen LogP contribution in [-0.2, 0) is 30.5 Å². The highest BCUT2D eigenvalue weighted by molar-refractivity contribution is 5.89. The minimum Gasteiger partial charge on any atom is -0.481 e.